The summed E-state index contributed by atoms with van der Waals surface area (Å²) < 4.78 is 2.00. The van der Waals surface area contributed by atoms with Crippen molar-refractivity contribution in [3.8, 4) is 0 Å². The highest BCUT2D eigenvalue weighted by atomic mass is 35.5. The Labute approximate surface area is 129 Å². The van der Waals surface area contributed by atoms with Gasteiger partial charge in [0.25, 0.3) is 0 Å². The molecule has 0 atom stereocenters. The van der Waals surface area contributed by atoms with Crippen molar-refractivity contribution in [3.05, 3.63) is 70.4 Å². The van der Waals surface area contributed by atoms with E-state index in [-0.39, 0.29) is 5.78 Å². The van der Waals surface area contributed by atoms with E-state index >= 15 is 0 Å². The van der Waals surface area contributed by atoms with Crippen molar-refractivity contribution < 1.29 is 4.79 Å². The Morgan fingerprint density at radius 3 is 2.62 bits per heavy atom. The van der Waals surface area contributed by atoms with Crippen molar-refractivity contribution >= 4 is 28.3 Å². The number of para-hydroxylation sites is 1. The van der Waals surface area contributed by atoms with Crippen molar-refractivity contribution in [2.45, 2.75) is 20.4 Å². The van der Waals surface area contributed by atoms with E-state index in [2.05, 4.69) is 25.1 Å². The summed E-state index contributed by atoms with van der Waals surface area (Å²) in [5.41, 5.74) is 3.99. The van der Waals surface area contributed by atoms with Gasteiger partial charge in [0.05, 0.1) is 11.1 Å². The maximum absolute atomic E-state index is 11.9. The Balaban J connectivity index is 2.18. The SMILES string of the molecule is CC(=O)c1c(Cl)n(Cc2cccc(C)c2)c2ccccc12. The third-order valence-electron chi connectivity index (χ3n) is 3.68. The van der Waals surface area contributed by atoms with E-state index in [1.807, 2.05) is 34.9 Å². The van der Waals surface area contributed by atoms with Gasteiger partial charge < -0.3 is 4.57 Å². The molecule has 0 unspecified atom stereocenters. The molecule has 3 heteroatoms. The van der Waals surface area contributed by atoms with E-state index in [0.717, 1.165) is 10.9 Å². The van der Waals surface area contributed by atoms with E-state index in [1.54, 1.807) is 6.92 Å². The van der Waals surface area contributed by atoms with E-state index in [1.165, 1.54) is 11.1 Å². The lowest BCUT2D eigenvalue weighted by Crippen LogP contribution is -2.01. The van der Waals surface area contributed by atoms with E-state index < -0.39 is 0 Å². The van der Waals surface area contributed by atoms with Crippen molar-refractivity contribution in [1.82, 2.24) is 4.57 Å². The Morgan fingerprint density at radius 2 is 1.90 bits per heavy atom. The Bertz CT molecular complexity index is 832. The smallest absolute Gasteiger partial charge is 0.163 e. The van der Waals surface area contributed by atoms with Gasteiger partial charge in [0.1, 0.15) is 5.15 Å². The fourth-order valence-corrected chi connectivity index (χ4v) is 3.14. The zero-order valence-corrected chi connectivity index (χ0v) is 12.8. The molecule has 0 bridgehead atoms. The standard InChI is InChI=1S/C18H16ClNO/c1-12-6-5-7-14(10-12)11-20-16-9-4-3-8-15(16)17(13(2)21)18(20)19/h3-10H,11H2,1-2H3. The number of carbonyl (C=O) groups excluding carboxylic acids is 1. The number of halogens is 1. The van der Waals surface area contributed by atoms with Crippen LogP contribution in [0.5, 0.6) is 0 Å². The molecule has 0 spiro atoms. The Morgan fingerprint density at radius 1 is 1.14 bits per heavy atom. The summed E-state index contributed by atoms with van der Waals surface area (Å²) in [4.78, 5) is 11.9. The van der Waals surface area contributed by atoms with Gasteiger partial charge in [0, 0.05) is 11.9 Å². The second kappa shape index (κ2) is 5.38. The monoisotopic (exact) mass is 297 g/mol. The lowest BCUT2D eigenvalue weighted by molar-refractivity contribution is 0.101. The largest absolute Gasteiger partial charge is 0.327 e. The number of fused-ring (bicyclic) bond motifs is 1. The van der Waals surface area contributed by atoms with Crippen molar-refractivity contribution in [2.24, 2.45) is 0 Å². The van der Waals surface area contributed by atoms with Crippen molar-refractivity contribution in [2.75, 3.05) is 0 Å². The zero-order valence-electron chi connectivity index (χ0n) is 12.1. The third-order valence-corrected chi connectivity index (χ3v) is 4.08. The molecule has 0 saturated heterocycles. The lowest BCUT2D eigenvalue weighted by atomic mass is 10.1. The molecule has 0 amide bonds. The molecule has 3 rings (SSSR count). The Kier molecular flexibility index (Phi) is 3.56. The summed E-state index contributed by atoms with van der Waals surface area (Å²) in [5, 5.41) is 1.44. The van der Waals surface area contributed by atoms with Crippen molar-refractivity contribution in [3.63, 3.8) is 0 Å². The van der Waals surface area contributed by atoms with Gasteiger partial charge in [-0.1, -0.05) is 59.6 Å². The molecule has 0 aliphatic rings. The van der Waals surface area contributed by atoms with Gasteiger partial charge >= 0.3 is 0 Å². The number of benzene rings is 2. The average Bonchev–Trinajstić information content (AvgIpc) is 2.72. The number of aryl methyl sites for hydroxylation is 1. The van der Waals surface area contributed by atoms with Crippen LogP contribution < -0.4 is 0 Å². The van der Waals surface area contributed by atoms with Crippen LogP contribution >= 0.6 is 11.6 Å². The number of nitrogens with zero attached hydrogens (tertiary/aromatic N) is 1. The first kappa shape index (κ1) is 13.9. The van der Waals surface area contributed by atoms with Gasteiger partial charge in [0.15, 0.2) is 5.78 Å². The number of Topliss-reactive ketones (excluding diaryl/α,β-unsaturated/α-hetero) is 1. The maximum Gasteiger partial charge on any atom is 0.163 e. The van der Waals surface area contributed by atoms with Crippen LogP contribution in [0.4, 0.5) is 0 Å². The minimum Gasteiger partial charge on any atom is -0.327 e. The second-order valence-corrected chi connectivity index (χ2v) is 5.67. The van der Waals surface area contributed by atoms with E-state index in [9.17, 15) is 4.79 Å². The van der Waals surface area contributed by atoms with Crippen LogP contribution in [0.3, 0.4) is 0 Å². The van der Waals surface area contributed by atoms with Gasteiger partial charge in [-0.3, -0.25) is 4.79 Å². The summed E-state index contributed by atoms with van der Waals surface area (Å²) in [5.74, 6) is -0.000748. The summed E-state index contributed by atoms with van der Waals surface area (Å²) in [6.45, 7) is 4.29. The number of aromatic nitrogens is 1. The molecule has 0 saturated carbocycles. The molecule has 2 aromatic carbocycles. The quantitative estimate of drug-likeness (QED) is 0.633. The van der Waals surface area contributed by atoms with Gasteiger partial charge in [-0.15, -0.1) is 0 Å². The lowest BCUT2D eigenvalue weighted by Gasteiger charge is -2.08. The predicted molar refractivity (Wildman–Crippen MR) is 87.2 cm³/mol. The molecule has 3 aromatic rings. The minimum absolute atomic E-state index is 0.000748. The highest BCUT2D eigenvalue weighted by Gasteiger charge is 2.18. The molecule has 0 radical (unpaired) electrons. The van der Waals surface area contributed by atoms with Crippen LogP contribution in [-0.4, -0.2) is 10.4 Å². The van der Waals surface area contributed by atoms with Gasteiger partial charge in [0.2, 0.25) is 0 Å². The first-order valence-corrected chi connectivity index (χ1v) is 7.29. The first-order valence-electron chi connectivity index (χ1n) is 6.91. The van der Waals surface area contributed by atoms with Crippen LogP contribution in [0, 0.1) is 6.92 Å². The molecule has 0 fully saturated rings. The second-order valence-electron chi connectivity index (χ2n) is 5.31. The molecular formula is C18H16ClNO. The van der Waals surface area contributed by atoms with Crippen LogP contribution in [-0.2, 0) is 6.54 Å². The molecule has 0 aliphatic heterocycles. The number of rotatable bonds is 3. The number of ketones is 1. The highest BCUT2D eigenvalue weighted by Crippen LogP contribution is 2.31. The third kappa shape index (κ3) is 2.47. The molecule has 1 aromatic heterocycles. The normalized spacial score (nSPS) is 11.0. The van der Waals surface area contributed by atoms with Crippen LogP contribution in [0.1, 0.15) is 28.4 Å². The van der Waals surface area contributed by atoms with Gasteiger partial charge in [-0.2, -0.15) is 0 Å². The molecule has 1 heterocycles. The van der Waals surface area contributed by atoms with Crippen molar-refractivity contribution in [1.29, 1.82) is 0 Å². The molecule has 21 heavy (non-hydrogen) atoms. The molecule has 0 aliphatic carbocycles. The first-order chi connectivity index (χ1) is 10.1. The van der Waals surface area contributed by atoms with E-state index in [4.69, 9.17) is 11.6 Å². The summed E-state index contributed by atoms with van der Waals surface area (Å²) in [7, 11) is 0. The topological polar surface area (TPSA) is 22.0 Å². The van der Waals surface area contributed by atoms with Crippen LogP contribution in [0.2, 0.25) is 5.15 Å². The molecule has 2 nitrogen and oxygen atoms in total. The highest BCUT2D eigenvalue weighted by molar-refractivity contribution is 6.35. The fraction of sp³-hybridized carbons (Fsp3) is 0.167. The number of hydrogen-bond donors (Lipinski definition) is 0. The summed E-state index contributed by atoms with van der Waals surface area (Å²) >= 11 is 6.48. The number of carbonyl (C=O) groups is 1. The molecule has 0 N–H and O–H groups in total. The van der Waals surface area contributed by atoms with Crippen LogP contribution in [0.25, 0.3) is 10.9 Å². The Hall–Kier alpha value is -2.06. The maximum atomic E-state index is 11.9. The van der Waals surface area contributed by atoms with Gasteiger partial charge in [-0.05, 0) is 25.5 Å². The fourth-order valence-electron chi connectivity index (χ4n) is 2.75. The van der Waals surface area contributed by atoms with E-state index in [0.29, 0.717) is 17.3 Å². The minimum atomic E-state index is -0.000748. The average molecular weight is 298 g/mol. The summed E-state index contributed by atoms with van der Waals surface area (Å²) in [6, 6.07) is 16.2. The predicted octanol–water partition coefficient (Wildman–Crippen LogP) is 4.85. The molecule has 106 valence electrons. The summed E-state index contributed by atoms with van der Waals surface area (Å²) in [6.07, 6.45) is 0. The van der Waals surface area contributed by atoms with Crippen LogP contribution in [0.15, 0.2) is 48.5 Å². The zero-order chi connectivity index (χ0) is 15.0. The molecular weight excluding hydrogens is 282 g/mol. The number of hydrogen-bond acceptors (Lipinski definition) is 1. The van der Waals surface area contributed by atoms with Gasteiger partial charge in [-0.25, -0.2) is 0 Å².